The van der Waals surface area contributed by atoms with Gasteiger partial charge in [0.2, 0.25) is 0 Å². The molecule has 0 radical (unpaired) electrons. The maximum Gasteiger partial charge on any atom is 0.0342 e. The fourth-order valence-corrected chi connectivity index (χ4v) is 1.68. The van der Waals surface area contributed by atoms with E-state index < -0.39 is 0 Å². The van der Waals surface area contributed by atoms with Gasteiger partial charge in [-0.1, -0.05) is 26.0 Å². The van der Waals surface area contributed by atoms with E-state index in [1.807, 2.05) is 0 Å². The first-order valence-corrected chi connectivity index (χ1v) is 6.27. The van der Waals surface area contributed by atoms with Crippen LogP contribution in [0.25, 0.3) is 0 Å². The van der Waals surface area contributed by atoms with E-state index in [1.54, 1.807) is 0 Å². The van der Waals surface area contributed by atoms with Crippen molar-refractivity contribution in [1.82, 2.24) is 5.32 Å². The van der Waals surface area contributed by atoms with Crippen LogP contribution >= 0.6 is 0 Å². The maximum atomic E-state index is 3.47. The van der Waals surface area contributed by atoms with Crippen molar-refractivity contribution in [3.05, 3.63) is 29.8 Å². The van der Waals surface area contributed by atoms with Crippen LogP contribution in [0, 0.1) is 0 Å². The molecule has 0 heterocycles. The van der Waals surface area contributed by atoms with Crippen LogP contribution in [-0.4, -0.2) is 12.6 Å². The molecule has 2 nitrogen and oxygen atoms in total. The molecule has 0 aromatic heterocycles. The lowest BCUT2D eigenvalue weighted by atomic mass is 10.1. The Hall–Kier alpha value is -1.02. The molecular formula is C14H24N2. The Morgan fingerprint density at radius 1 is 1.06 bits per heavy atom. The largest absolute Gasteiger partial charge is 0.383 e. The van der Waals surface area contributed by atoms with E-state index in [-0.39, 0.29) is 0 Å². The molecule has 0 bridgehead atoms. The Morgan fingerprint density at radius 3 is 2.19 bits per heavy atom. The van der Waals surface area contributed by atoms with Gasteiger partial charge in [0.15, 0.2) is 0 Å². The summed E-state index contributed by atoms with van der Waals surface area (Å²) in [5.74, 6) is 0. The summed E-state index contributed by atoms with van der Waals surface area (Å²) in [6.07, 6.45) is 1.15. The summed E-state index contributed by atoms with van der Waals surface area (Å²) in [6, 6.07) is 9.68. The fraction of sp³-hybridized carbons (Fsp3) is 0.571. The predicted molar refractivity (Wildman–Crippen MR) is 71.9 cm³/mol. The Kier molecular flexibility index (Phi) is 5.33. The van der Waals surface area contributed by atoms with Gasteiger partial charge in [-0.25, -0.2) is 0 Å². The molecule has 0 fully saturated rings. The molecule has 0 aliphatic carbocycles. The van der Waals surface area contributed by atoms with Crippen LogP contribution in [0.3, 0.4) is 0 Å². The topological polar surface area (TPSA) is 24.1 Å². The van der Waals surface area contributed by atoms with Gasteiger partial charge in [-0.3, -0.25) is 0 Å². The second-order valence-electron chi connectivity index (χ2n) is 4.36. The molecule has 0 saturated carbocycles. The van der Waals surface area contributed by atoms with E-state index in [2.05, 4.69) is 62.6 Å². The van der Waals surface area contributed by atoms with Crippen molar-refractivity contribution in [3.63, 3.8) is 0 Å². The summed E-state index contributed by atoms with van der Waals surface area (Å²) in [4.78, 5) is 0. The van der Waals surface area contributed by atoms with Gasteiger partial charge in [0.25, 0.3) is 0 Å². The molecule has 90 valence electrons. The van der Waals surface area contributed by atoms with Crippen molar-refractivity contribution in [3.8, 4) is 0 Å². The first-order chi connectivity index (χ1) is 7.67. The highest BCUT2D eigenvalue weighted by Crippen LogP contribution is 2.16. The number of benzene rings is 1. The summed E-state index contributed by atoms with van der Waals surface area (Å²) in [6.45, 7) is 9.73. The summed E-state index contributed by atoms with van der Waals surface area (Å²) < 4.78 is 0. The highest BCUT2D eigenvalue weighted by Gasteiger charge is 2.03. The van der Waals surface area contributed by atoms with Gasteiger partial charge in [-0.05, 0) is 44.5 Å². The third-order valence-electron chi connectivity index (χ3n) is 2.95. The third kappa shape index (κ3) is 3.86. The third-order valence-corrected chi connectivity index (χ3v) is 2.95. The summed E-state index contributed by atoms with van der Waals surface area (Å²) >= 11 is 0. The fourth-order valence-electron chi connectivity index (χ4n) is 1.68. The second-order valence-corrected chi connectivity index (χ2v) is 4.36. The van der Waals surface area contributed by atoms with Gasteiger partial charge in [-0.15, -0.1) is 0 Å². The average molecular weight is 220 g/mol. The normalized spacial score (nSPS) is 14.5. The van der Waals surface area contributed by atoms with E-state index in [0.717, 1.165) is 13.0 Å². The van der Waals surface area contributed by atoms with Gasteiger partial charge < -0.3 is 10.6 Å². The molecule has 2 unspecified atom stereocenters. The zero-order valence-corrected chi connectivity index (χ0v) is 10.9. The van der Waals surface area contributed by atoms with Crippen molar-refractivity contribution in [2.24, 2.45) is 0 Å². The van der Waals surface area contributed by atoms with Crippen LogP contribution in [0.4, 0.5) is 5.69 Å². The minimum atomic E-state index is 0.433. The molecule has 16 heavy (non-hydrogen) atoms. The molecule has 0 spiro atoms. The van der Waals surface area contributed by atoms with Gasteiger partial charge in [0, 0.05) is 17.8 Å². The molecular weight excluding hydrogens is 196 g/mol. The summed E-state index contributed by atoms with van der Waals surface area (Å²) in [5, 5.41) is 6.88. The highest BCUT2D eigenvalue weighted by atomic mass is 14.9. The number of nitrogens with one attached hydrogen (secondary N) is 2. The Bertz CT molecular complexity index is 292. The molecule has 2 atom stereocenters. The Morgan fingerprint density at radius 2 is 1.69 bits per heavy atom. The van der Waals surface area contributed by atoms with Gasteiger partial charge in [0.1, 0.15) is 0 Å². The Balaban J connectivity index is 2.60. The van der Waals surface area contributed by atoms with Gasteiger partial charge in [0.05, 0.1) is 0 Å². The van der Waals surface area contributed by atoms with E-state index in [4.69, 9.17) is 0 Å². The van der Waals surface area contributed by atoms with Crippen molar-refractivity contribution in [2.45, 2.75) is 46.2 Å². The van der Waals surface area contributed by atoms with Crippen LogP contribution in [0.5, 0.6) is 0 Å². The molecule has 1 rings (SSSR count). The minimum absolute atomic E-state index is 0.433. The molecule has 2 N–H and O–H groups in total. The van der Waals surface area contributed by atoms with Crippen molar-refractivity contribution >= 4 is 5.69 Å². The monoisotopic (exact) mass is 220 g/mol. The lowest BCUT2D eigenvalue weighted by Crippen LogP contribution is -2.18. The van der Waals surface area contributed by atoms with Crippen molar-refractivity contribution in [2.75, 3.05) is 11.9 Å². The molecule has 0 saturated heterocycles. The zero-order valence-electron chi connectivity index (χ0n) is 10.9. The lowest BCUT2D eigenvalue weighted by Gasteiger charge is -2.16. The standard InChI is InChI=1S/C14H24N2/c1-5-11(3)16-14-9-7-13(8-10-14)12(4)15-6-2/h7-12,15-16H,5-6H2,1-4H3. The van der Waals surface area contributed by atoms with E-state index >= 15 is 0 Å². The molecule has 0 aliphatic heterocycles. The Labute approximate surface area is 99.5 Å². The zero-order chi connectivity index (χ0) is 12.0. The predicted octanol–water partition coefficient (Wildman–Crippen LogP) is 3.57. The number of hydrogen-bond donors (Lipinski definition) is 2. The van der Waals surface area contributed by atoms with Gasteiger partial charge >= 0.3 is 0 Å². The average Bonchev–Trinajstić information content (AvgIpc) is 2.30. The number of anilines is 1. The quantitative estimate of drug-likeness (QED) is 0.766. The van der Waals surface area contributed by atoms with E-state index in [1.165, 1.54) is 11.3 Å². The van der Waals surface area contributed by atoms with Crippen molar-refractivity contribution in [1.29, 1.82) is 0 Å². The lowest BCUT2D eigenvalue weighted by molar-refractivity contribution is 0.598. The van der Waals surface area contributed by atoms with Gasteiger partial charge in [-0.2, -0.15) is 0 Å². The molecule has 0 aliphatic rings. The highest BCUT2D eigenvalue weighted by molar-refractivity contribution is 5.45. The minimum Gasteiger partial charge on any atom is -0.383 e. The van der Waals surface area contributed by atoms with Crippen LogP contribution < -0.4 is 10.6 Å². The van der Waals surface area contributed by atoms with Crippen LogP contribution in [-0.2, 0) is 0 Å². The molecule has 0 amide bonds. The maximum absolute atomic E-state index is 3.47. The summed E-state index contributed by atoms with van der Waals surface area (Å²) in [7, 11) is 0. The van der Waals surface area contributed by atoms with Crippen LogP contribution in [0.15, 0.2) is 24.3 Å². The van der Waals surface area contributed by atoms with E-state index in [0.29, 0.717) is 12.1 Å². The van der Waals surface area contributed by atoms with Crippen LogP contribution in [0.2, 0.25) is 0 Å². The smallest absolute Gasteiger partial charge is 0.0342 e. The van der Waals surface area contributed by atoms with Crippen molar-refractivity contribution < 1.29 is 0 Å². The SMILES string of the molecule is CCNC(C)c1ccc(NC(C)CC)cc1. The van der Waals surface area contributed by atoms with Crippen LogP contribution in [0.1, 0.15) is 45.7 Å². The number of rotatable bonds is 6. The molecule has 1 aromatic rings. The second kappa shape index (κ2) is 6.54. The summed E-state index contributed by atoms with van der Waals surface area (Å²) in [5.41, 5.74) is 2.55. The number of hydrogen-bond acceptors (Lipinski definition) is 2. The first kappa shape index (κ1) is 13.0. The first-order valence-electron chi connectivity index (χ1n) is 6.27. The van der Waals surface area contributed by atoms with E-state index in [9.17, 15) is 0 Å². The molecule has 1 aromatic carbocycles. The molecule has 2 heteroatoms.